The van der Waals surface area contributed by atoms with Crippen molar-refractivity contribution in [3.8, 4) is 0 Å². The fraction of sp³-hybridized carbons (Fsp3) is 0.923. The van der Waals surface area contributed by atoms with Gasteiger partial charge in [-0.25, -0.2) is 0 Å². The molecule has 0 atom stereocenters. The summed E-state index contributed by atoms with van der Waals surface area (Å²) in [6.45, 7) is 19.8. The summed E-state index contributed by atoms with van der Waals surface area (Å²) in [6, 6.07) is 1.14. The van der Waals surface area contributed by atoms with Crippen molar-refractivity contribution in [2.24, 2.45) is 0 Å². The summed E-state index contributed by atoms with van der Waals surface area (Å²) in [4.78, 5) is 0. The first-order chi connectivity index (χ1) is 7.97. The van der Waals surface area contributed by atoms with Crippen LogP contribution in [0.5, 0.6) is 0 Å². The standard InChI is InChI=1S/C13H33O2Si3/c1-9-10-11-12-13-18(8,14-16(2,3)4)15-17(5,6)7/h1,9-13H2,2-8H3. The molecule has 0 aromatic heterocycles. The second kappa shape index (κ2) is 7.38. The van der Waals surface area contributed by atoms with Crippen molar-refractivity contribution in [1.29, 1.82) is 0 Å². The Kier molecular flexibility index (Phi) is 7.61. The van der Waals surface area contributed by atoms with Crippen molar-refractivity contribution in [3.63, 3.8) is 0 Å². The molecule has 0 saturated carbocycles. The Morgan fingerprint density at radius 3 is 1.50 bits per heavy atom. The van der Waals surface area contributed by atoms with E-state index in [0.717, 1.165) is 12.5 Å². The molecule has 0 amide bonds. The maximum absolute atomic E-state index is 6.46. The lowest BCUT2D eigenvalue weighted by Gasteiger charge is -2.38. The average molecular weight is 306 g/mol. The third-order valence-electron chi connectivity index (χ3n) is 2.43. The van der Waals surface area contributed by atoms with E-state index in [1.165, 1.54) is 19.3 Å². The molecule has 0 aliphatic rings. The number of hydrogen-bond acceptors (Lipinski definition) is 2. The van der Waals surface area contributed by atoms with Crippen LogP contribution in [0.4, 0.5) is 0 Å². The fourth-order valence-corrected chi connectivity index (χ4v) is 14.8. The van der Waals surface area contributed by atoms with E-state index in [1.807, 2.05) is 0 Å². The molecule has 0 bridgehead atoms. The molecule has 0 rings (SSSR count). The Hall–Kier alpha value is 0.571. The van der Waals surface area contributed by atoms with E-state index in [-0.39, 0.29) is 0 Å². The van der Waals surface area contributed by atoms with Crippen molar-refractivity contribution in [2.45, 2.75) is 77.6 Å². The van der Waals surface area contributed by atoms with Crippen LogP contribution in [0.1, 0.15) is 25.7 Å². The van der Waals surface area contributed by atoms with Gasteiger partial charge in [-0.15, -0.1) is 0 Å². The highest BCUT2D eigenvalue weighted by molar-refractivity contribution is 6.87. The number of unbranched alkanes of at least 4 members (excludes halogenated alkanes) is 3. The van der Waals surface area contributed by atoms with Gasteiger partial charge in [-0.3, -0.25) is 0 Å². The summed E-state index contributed by atoms with van der Waals surface area (Å²) in [5.74, 6) is 0. The van der Waals surface area contributed by atoms with Crippen LogP contribution in [0.15, 0.2) is 0 Å². The molecule has 5 heteroatoms. The summed E-state index contributed by atoms with van der Waals surface area (Å²) in [5, 5.41) is 0. The third kappa shape index (κ3) is 10.5. The van der Waals surface area contributed by atoms with Gasteiger partial charge in [-0.1, -0.05) is 32.6 Å². The molecule has 0 spiro atoms. The highest BCUT2D eigenvalue weighted by Crippen LogP contribution is 2.26. The van der Waals surface area contributed by atoms with Crippen LogP contribution in [-0.4, -0.2) is 25.2 Å². The Balaban J connectivity index is 4.50. The topological polar surface area (TPSA) is 18.5 Å². The van der Waals surface area contributed by atoms with E-state index < -0.39 is 25.2 Å². The lowest BCUT2D eigenvalue weighted by molar-refractivity contribution is 0.380. The minimum atomic E-state index is -1.97. The van der Waals surface area contributed by atoms with Gasteiger partial charge in [0, 0.05) is 0 Å². The minimum Gasteiger partial charge on any atom is -0.437 e. The predicted molar refractivity (Wildman–Crippen MR) is 89.1 cm³/mol. The van der Waals surface area contributed by atoms with Gasteiger partial charge < -0.3 is 8.23 Å². The maximum atomic E-state index is 6.46. The molecule has 0 aromatic carbocycles. The maximum Gasteiger partial charge on any atom is 0.314 e. The molecule has 0 heterocycles. The smallest absolute Gasteiger partial charge is 0.314 e. The van der Waals surface area contributed by atoms with E-state index in [0.29, 0.717) is 0 Å². The summed E-state index contributed by atoms with van der Waals surface area (Å²) in [7, 11) is -5.00. The SMILES string of the molecule is [CH2]CCCCC[Si](C)(O[Si](C)(C)C)O[Si](C)(C)C. The first-order valence-electron chi connectivity index (χ1n) is 7.17. The zero-order valence-electron chi connectivity index (χ0n) is 13.6. The average Bonchev–Trinajstić information content (AvgIpc) is 2.05. The van der Waals surface area contributed by atoms with E-state index in [4.69, 9.17) is 8.23 Å². The van der Waals surface area contributed by atoms with Gasteiger partial charge in [0.25, 0.3) is 0 Å². The second-order valence-corrected chi connectivity index (χ2v) is 20.1. The highest BCUT2D eigenvalue weighted by atomic mass is 28.5. The Morgan fingerprint density at radius 2 is 1.17 bits per heavy atom. The molecule has 109 valence electrons. The molecule has 0 aromatic rings. The lowest BCUT2D eigenvalue weighted by Crippen LogP contribution is -2.52. The van der Waals surface area contributed by atoms with Crippen LogP contribution in [0.25, 0.3) is 0 Å². The van der Waals surface area contributed by atoms with Gasteiger partial charge in [0.15, 0.2) is 16.6 Å². The van der Waals surface area contributed by atoms with E-state index >= 15 is 0 Å². The van der Waals surface area contributed by atoms with Crippen molar-refractivity contribution in [3.05, 3.63) is 6.92 Å². The van der Waals surface area contributed by atoms with Crippen molar-refractivity contribution >= 4 is 25.2 Å². The van der Waals surface area contributed by atoms with E-state index in [9.17, 15) is 0 Å². The minimum absolute atomic E-state index is 1.04. The Morgan fingerprint density at radius 1 is 0.722 bits per heavy atom. The van der Waals surface area contributed by atoms with Crippen LogP contribution in [0.2, 0.25) is 51.9 Å². The monoisotopic (exact) mass is 305 g/mol. The predicted octanol–water partition coefficient (Wildman–Crippen LogP) is 5.16. The Labute approximate surface area is 118 Å². The quantitative estimate of drug-likeness (QED) is 0.433. The van der Waals surface area contributed by atoms with E-state index in [1.54, 1.807) is 0 Å². The third-order valence-corrected chi connectivity index (χ3v) is 12.0. The van der Waals surface area contributed by atoms with Gasteiger partial charge in [-0.05, 0) is 51.9 Å². The molecule has 0 fully saturated rings. The lowest BCUT2D eigenvalue weighted by atomic mass is 10.2. The molecular formula is C13H33O2Si3. The molecule has 1 radical (unpaired) electrons. The van der Waals surface area contributed by atoms with Crippen LogP contribution >= 0.6 is 0 Å². The number of rotatable bonds is 9. The fourth-order valence-electron chi connectivity index (χ4n) is 2.22. The van der Waals surface area contributed by atoms with Crippen molar-refractivity contribution in [2.75, 3.05) is 0 Å². The summed E-state index contributed by atoms with van der Waals surface area (Å²) < 4.78 is 12.9. The van der Waals surface area contributed by atoms with E-state index in [2.05, 4.69) is 52.8 Å². The van der Waals surface area contributed by atoms with Crippen molar-refractivity contribution in [1.82, 2.24) is 0 Å². The normalized spacial score (nSPS) is 14.0. The number of hydrogen-bond donors (Lipinski definition) is 0. The first kappa shape index (κ1) is 18.6. The highest BCUT2D eigenvalue weighted by Gasteiger charge is 2.39. The summed E-state index contributed by atoms with van der Waals surface area (Å²) >= 11 is 0. The van der Waals surface area contributed by atoms with Crippen LogP contribution in [0, 0.1) is 6.92 Å². The molecule has 2 nitrogen and oxygen atoms in total. The zero-order valence-corrected chi connectivity index (χ0v) is 16.6. The molecule has 18 heavy (non-hydrogen) atoms. The molecule has 0 aliphatic carbocycles. The molecule has 0 saturated heterocycles. The van der Waals surface area contributed by atoms with Crippen molar-refractivity contribution < 1.29 is 8.23 Å². The molecule has 0 N–H and O–H groups in total. The molecular weight excluding hydrogens is 272 g/mol. The van der Waals surface area contributed by atoms with Gasteiger partial charge in [0.2, 0.25) is 0 Å². The van der Waals surface area contributed by atoms with Gasteiger partial charge >= 0.3 is 8.56 Å². The summed E-state index contributed by atoms with van der Waals surface area (Å²) in [5.41, 5.74) is 0. The van der Waals surface area contributed by atoms with Crippen LogP contribution in [-0.2, 0) is 8.23 Å². The van der Waals surface area contributed by atoms with Gasteiger partial charge in [-0.2, -0.15) is 0 Å². The zero-order chi connectivity index (χ0) is 14.4. The molecule has 0 unspecified atom stereocenters. The molecule has 0 aliphatic heterocycles. The Bertz CT molecular complexity index is 215. The largest absolute Gasteiger partial charge is 0.437 e. The second-order valence-electron chi connectivity index (χ2n) is 7.23. The summed E-state index contributed by atoms with van der Waals surface area (Å²) in [6.07, 6.45) is 4.76. The van der Waals surface area contributed by atoms with Crippen LogP contribution in [0.3, 0.4) is 0 Å². The van der Waals surface area contributed by atoms with Crippen LogP contribution < -0.4 is 0 Å². The van der Waals surface area contributed by atoms with Gasteiger partial charge in [0.05, 0.1) is 0 Å². The van der Waals surface area contributed by atoms with Gasteiger partial charge in [0.1, 0.15) is 0 Å². The first-order valence-corrected chi connectivity index (χ1v) is 16.5.